The van der Waals surface area contributed by atoms with Crippen molar-refractivity contribution in [3.05, 3.63) is 0 Å². The molecule has 10 heavy (non-hydrogen) atoms. The third-order valence-corrected chi connectivity index (χ3v) is 0.496. The quantitative estimate of drug-likeness (QED) is 0.185. The van der Waals surface area contributed by atoms with Crippen LogP contribution >= 0.6 is 0 Å². The third kappa shape index (κ3) is 7.27. The Morgan fingerprint density at radius 3 is 2.20 bits per heavy atom. The molecule has 0 saturated heterocycles. The van der Waals surface area contributed by atoms with Crippen molar-refractivity contribution in [2.24, 2.45) is 0 Å². The summed E-state index contributed by atoms with van der Waals surface area (Å²) in [6.07, 6.45) is -3.09. The predicted octanol–water partition coefficient (Wildman–Crippen LogP) is -3.25. The van der Waals surface area contributed by atoms with Gasteiger partial charge in [-0.1, -0.05) is 0 Å². The van der Waals surface area contributed by atoms with E-state index in [1.54, 1.807) is 0 Å². The molecule has 0 aliphatic rings. The topological polar surface area (TPSA) is 122 Å². The summed E-state index contributed by atoms with van der Waals surface area (Å²) >= 11 is 0. The fourth-order valence-corrected chi connectivity index (χ4v) is 0.238. The second kappa shape index (κ2) is 3.44. The number of rotatable bonds is 4. The normalized spacial score (nSPS) is 11.5. The summed E-state index contributed by atoms with van der Waals surface area (Å²) in [6.45, 7) is -0.538. The molecule has 0 aromatic carbocycles. The van der Waals surface area contributed by atoms with Crippen LogP contribution in [0.3, 0.4) is 0 Å². The van der Waals surface area contributed by atoms with Gasteiger partial charge in [-0.05, 0) is 0 Å². The highest BCUT2D eigenvalue weighted by molar-refractivity contribution is 5.68. The summed E-state index contributed by atoms with van der Waals surface area (Å²) in [7, 11) is 0. The van der Waals surface area contributed by atoms with Crippen LogP contribution in [-0.2, 0) is 4.79 Å². The lowest BCUT2D eigenvalue weighted by Crippen LogP contribution is -2.53. The van der Waals surface area contributed by atoms with Gasteiger partial charge in [-0.2, -0.15) is 5.43 Å². The molecule has 0 heterocycles. The van der Waals surface area contributed by atoms with Gasteiger partial charge in [-0.15, -0.1) is 0 Å². The molecular weight excluding hydrogens is 144 g/mol. The molecular formula is C3H8N2O5. The van der Waals surface area contributed by atoms with Gasteiger partial charge in [-0.25, -0.2) is 5.43 Å². The molecule has 0 aromatic heterocycles. The summed E-state index contributed by atoms with van der Waals surface area (Å²) in [5, 5.41) is 32.2. The first-order valence-corrected chi connectivity index (χ1v) is 2.31. The molecule has 0 bridgehead atoms. The van der Waals surface area contributed by atoms with Crippen molar-refractivity contribution in [3.8, 4) is 0 Å². The maximum absolute atomic E-state index is 9.74. The van der Waals surface area contributed by atoms with Crippen molar-refractivity contribution in [1.29, 1.82) is 0 Å². The lowest BCUT2D eigenvalue weighted by Gasteiger charge is -2.14. The monoisotopic (exact) mass is 152 g/mol. The standard InChI is InChI=1S/C3H8N2O5/c6-2(7)1-4-5-3(8,9)10/h4-5,8-10H,1H2,(H,6,7). The predicted molar refractivity (Wildman–Crippen MR) is 28.2 cm³/mol. The summed E-state index contributed by atoms with van der Waals surface area (Å²) in [5.74, 6) is -1.20. The molecule has 7 heteroatoms. The second-order valence-electron chi connectivity index (χ2n) is 1.51. The van der Waals surface area contributed by atoms with Crippen LogP contribution in [0.5, 0.6) is 0 Å². The Kier molecular flexibility index (Phi) is 3.19. The molecule has 0 unspecified atom stereocenters. The van der Waals surface area contributed by atoms with E-state index in [9.17, 15) is 4.79 Å². The number of aliphatic carboxylic acids is 1. The van der Waals surface area contributed by atoms with Crippen LogP contribution in [0.25, 0.3) is 0 Å². The zero-order valence-corrected chi connectivity index (χ0v) is 4.90. The van der Waals surface area contributed by atoms with Crippen molar-refractivity contribution in [2.75, 3.05) is 6.54 Å². The van der Waals surface area contributed by atoms with Gasteiger partial charge in [-0.3, -0.25) is 4.79 Å². The first-order valence-electron chi connectivity index (χ1n) is 2.31. The molecule has 0 atom stereocenters. The number of carbonyl (C=O) groups is 1. The van der Waals surface area contributed by atoms with Crippen LogP contribution in [0, 0.1) is 0 Å². The minimum Gasteiger partial charge on any atom is -0.480 e. The Balaban J connectivity index is 3.29. The van der Waals surface area contributed by atoms with Crippen LogP contribution in [0.2, 0.25) is 0 Å². The molecule has 0 aliphatic heterocycles. The Bertz CT molecular complexity index is 119. The van der Waals surface area contributed by atoms with Crippen molar-refractivity contribution in [1.82, 2.24) is 10.9 Å². The fourth-order valence-electron chi connectivity index (χ4n) is 0.238. The van der Waals surface area contributed by atoms with Crippen molar-refractivity contribution >= 4 is 5.97 Å². The fraction of sp³-hybridized carbons (Fsp3) is 0.667. The third-order valence-electron chi connectivity index (χ3n) is 0.496. The van der Waals surface area contributed by atoms with Gasteiger partial charge in [0, 0.05) is 0 Å². The average Bonchev–Trinajstić information content (AvgIpc) is 1.59. The van der Waals surface area contributed by atoms with E-state index in [1.807, 2.05) is 5.43 Å². The number of carboxylic acids is 1. The number of hydrogen-bond donors (Lipinski definition) is 6. The molecule has 6 N–H and O–H groups in total. The van der Waals surface area contributed by atoms with Crippen molar-refractivity contribution < 1.29 is 25.2 Å². The molecule has 0 spiro atoms. The van der Waals surface area contributed by atoms with Gasteiger partial charge < -0.3 is 20.4 Å². The van der Waals surface area contributed by atoms with Crippen LogP contribution in [-0.4, -0.2) is 39.0 Å². The largest absolute Gasteiger partial charge is 0.480 e. The van der Waals surface area contributed by atoms with Crippen LogP contribution in [0.4, 0.5) is 0 Å². The van der Waals surface area contributed by atoms with Crippen LogP contribution in [0.15, 0.2) is 0 Å². The molecule has 0 aliphatic carbocycles. The Morgan fingerprint density at radius 1 is 1.40 bits per heavy atom. The number of hydrazine groups is 1. The molecule has 0 radical (unpaired) electrons. The Morgan fingerprint density at radius 2 is 1.90 bits per heavy atom. The van der Waals surface area contributed by atoms with E-state index in [4.69, 9.17) is 20.4 Å². The molecule has 60 valence electrons. The van der Waals surface area contributed by atoms with E-state index in [1.165, 1.54) is 5.43 Å². The zero-order valence-electron chi connectivity index (χ0n) is 4.90. The molecule has 0 saturated carbocycles. The smallest absolute Gasteiger partial charge is 0.356 e. The summed E-state index contributed by atoms with van der Waals surface area (Å²) in [6, 6.07) is 0. The highest BCUT2D eigenvalue weighted by Crippen LogP contribution is 1.78. The number of hydrogen-bond acceptors (Lipinski definition) is 6. The molecule has 0 rings (SSSR count). The minimum absolute atomic E-state index is 0.538. The summed E-state index contributed by atoms with van der Waals surface area (Å²) in [5.41, 5.74) is 3.31. The average molecular weight is 152 g/mol. The van der Waals surface area contributed by atoms with Crippen molar-refractivity contribution in [2.45, 2.75) is 6.10 Å². The Labute approximate surface area is 55.9 Å². The highest BCUT2D eigenvalue weighted by atomic mass is 16.7. The van der Waals surface area contributed by atoms with Gasteiger partial charge in [0.1, 0.15) is 6.54 Å². The maximum atomic E-state index is 9.74. The SMILES string of the molecule is O=C(O)CNNC(O)(O)O. The van der Waals surface area contributed by atoms with E-state index in [0.29, 0.717) is 0 Å². The molecule has 0 aromatic rings. The van der Waals surface area contributed by atoms with Gasteiger partial charge in [0.2, 0.25) is 0 Å². The van der Waals surface area contributed by atoms with Crippen LogP contribution in [0.1, 0.15) is 0 Å². The summed E-state index contributed by atoms with van der Waals surface area (Å²) in [4.78, 5) is 9.74. The molecule has 0 amide bonds. The minimum atomic E-state index is -3.09. The number of nitrogens with one attached hydrogen (secondary N) is 2. The van der Waals surface area contributed by atoms with Gasteiger partial charge in [0.15, 0.2) is 0 Å². The van der Waals surface area contributed by atoms with Crippen LogP contribution < -0.4 is 10.9 Å². The lowest BCUT2D eigenvalue weighted by molar-refractivity contribution is -0.337. The van der Waals surface area contributed by atoms with E-state index >= 15 is 0 Å². The first-order chi connectivity index (χ1) is 4.42. The van der Waals surface area contributed by atoms with Crippen molar-refractivity contribution in [3.63, 3.8) is 0 Å². The van der Waals surface area contributed by atoms with Gasteiger partial charge in [0.25, 0.3) is 0 Å². The zero-order chi connectivity index (χ0) is 8.20. The van der Waals surface area contributed by atoms with E-state index in [-0.39, 0.29) is 0 Å². The van der Waals surface area contributed by atoms with Gasteiger partial charge >= 0.3 is 12.1 Å². The van der Waals surface area contributed by atoms with E-state index in [2.05, 4.69) is 0 Å². The highest BCUT2D eigenvalue weighted by Gasteiger charge is 2.16. The van der Waals surface area contributed by atoms with Gasteiger partial charge in [0.05, 0.1) is 0 Å². The summed E-state index contributed by atoms with van der Waals surface area (Å²) < 4.78 is 0. The second-order valence-corrected chi connectivity index (χ2v) is 1.51. The number of aliphatic hydroxyl groups is 3. The Hall–Kier alpha value is -0.730. The molecule has 7 nitrogen and oxygen atoms in total. The number of carboxylic acid groups (broad SMARTS) is 1. The van der Waals surface area contributed by atoms with E-state index in [0.717, 1.165) is 0 Å². The molecule has 0 fully saturated rings. The lowest BCUT2D eigenvalue weighted by atomic mass is 10.7. The maximum Gasteiger partial charge on any atom is 0.356 e. The van der Waals surface area contributed by atoms with E-state index < -0.39 is 18.6 Å². The first kappa shape index (κ1) is 9.27.